The third kappa shape index (κ3) is 6.23. The molecule has 0 amide bonds. The molecule has 0 radical (unpaired) electrons. The van der Waals surface area contributed by atoms with Gasteiger partial charge in [-0.2, -0.15) is 0 Å². The summed E-state index contributed by atoms with van der Waals surface area (Å²) in [4.78, 5) is 2.46. The maximum Gasteiger partial charge on any atom is 0.0546 e. The molecular formula is C58H40N2. The predicted octanol–water partition coefficient (Wildman–Crippen LogP) is 16.1. The molecule has 0 saturated heterocycles. The Morgan fingerprint density at radius 2 is 0.800 bits per heavy atom. The van der Waals surface area contributed by atoms with Gasteiger partial charge in [-0.1, -0.05) is 194 Å². The van der Waals surface area contributed by atoms with Gasteiger partial charge in [0.25, 0.3) is 0 Å². The smallest absolute Gasteiger partial charge is 0.0546 e. The molecule has 1 heterocycles. The zero-order valence-electron chi connectivity index (χ0n) is 33.0. The van der Waals surface area contributed by atoms with E-state index in [1.807, 2.05) is 0 Å². The predicted molar refractivity (Wildman–Crippen MR) is 255 cm³/mol. The number of hydrogen-bond donors (Lipinski definition) is 0. The van der Waals surface area contributed by atoms with Crippen LogP contribution in [0.15, 0.2) is 243 Å². The first-order valence-electron chi connectivity index (χ1n) is 20.6. The molecule has 11 aromatic rings. The normalized spacial score (nSPS) is 11.3. The molecule has 2 nitrogen and oxygen atoms in total. The average molecular weight is 765 g/mol. The number of fused-ring (bicyclic) bond motifs is 4. The minimum Gasteiger partial charge on any atom is -0.309 e. The van der Waals surface area contributed by atoms with E-state index >= 15 is 0 Å². The summed E-state index contributed by atoms with van der Waals surface area (Å²) in [6.07, 6.45) is 0. The molecule has 1 aromatic heterocycles. The van der Waals surface area contributed by atoms with Crippen LogP contribution in [-0.2, 0) is 0 Å². The summed E-state index contributed by atoms with van der Waals surface area (Å²) in [6, 6.07) is 88.0. The van der Waals surface area contributed by atoms with Crippen molar-refractivity contribution in [2.45, 2.75) is 0 Å². The van der Waals surface area contributed by atoms with E-state index in [-0.39, 0.29) is 0 Å². The lowest BCUT2D eigenvalue weighted by molar-refractivity contribution is 1.18. The van der Waals surface area contributed by atoms with E-state index in [2.05, 4.69) is 252 Å². The second kappa shape index (κ2) is 15.1. The average Bonchev–Trinajstić information content (AvgIpc) is 3.67. The summed E-state index contributed by atoms with van der Waals surface area (Å²) < 4.78 is 2.39. The maximum absolute atomic E-state index is 2.46. The second-order valence-electron chi connectivity index (χ2n) is 15.3. The summed E-state index contributed by atoms with van der Waals surface area (Å²) in [5.41, 5.74) is 16.2. The van der Waals surface area contributed by atoms with Crippen molar-refractivity contribution >= 4 is 49.6 Å². The summed E-state index contributed by atoms with van der Waals surface area (Å²) in [6.45, 7) is 0. The molecule has 11 rings (SSSR count). The summed E-state index contributed by atoms with van der Waals surface area (Å²) in [5, 5.41) is 4.99. The van der Waals surface area contributed by atoms with Crippen molar-refractivity contribution in [3.63, 3.8) is 0 Å². The molecule has 0 unspecified atom stereocenters. The van der Waals surface area contributed by atoms with Crippen molar-refractivity contribution in [2.75, 3.05) is 4.90 Å². The molecule has 0 bridgehead atoms. The molecule has 0 saturated carbocycles. The number of nitrogens with zero attached hydrogens (tertiary/aromatic N) is 2. The van der Waals surface area contributed by atoms with E-state index < -0.39 is 0 Å². The van der Waals surface area contributed by atoms with Crippen LogP contribution in [0.3, 0.4) is 0 Å². The molecular weight excluding hydrogens is 725 g/mol. The first kappa shape index (κ1) is 35.2. The van der Waals surface area contributed by atoms with Gasteiger partial charge in [0.15, 0.2) is 0 Å². The molecule has 282 valence electrons. The van der Waals surface area contributed by atoms with Crippen LogP contribution in [0.4, 0.5) is 17.1 Å². The van der Waals surface area contributed by atoms with Gasteiger partial charge < -0.3 is 9.47 Å². The van der Waals surface area contributed by atoms with Crippen molar-refractivity contribution in [1.82, 2.24) is 4.57 Å². The van der Waals surface area contributed by atoms with Crippen molar-refractivity contribution in [3.8, 4) is 50.2 Å². The zero-order valence-corrected chi connectivity index (χ0v) is 33.0. The third-order valence-electron chi connectivity index (χ3n) is 11.8. The topological polar surface area (TPSA) is 8.17 Å². The van der Waals surface area contributed by atoms with Crippen molar-refractivity contribution < 1.29 is 0 Å². The zero-order chi connectivity index (χ0) is 39.8. The Kier molecular flexibility index (Phi) is 8.87. The Morgan fingerprint density at radius 3 is 1.52 bits per heavy atom. The van der Waals surface area contributed by atoms with Gasteiger partial charge in [-0.15, -0.1) is 0 Å². The molecule has 0 aliphatic heterocycles. The van der Waals surface area contributed by atoms with E-state index in [1.165, 1.54) is 54.8 Å². The molecule has 0 aliphatic rings. The highest BCUT2D eigenvalue weighted by Gasteiger charge is 2.22. The Bertz CT molecular complexity index is 3250. The van der Waals surface area contributed by atoms with Crippen LogP contribution >= 0.6 is 0 Å². The lowest BCUT2D eigenvalue weighted by Gasteiger charge is -2.30. The molecule has 10 aromatic carbocycles. The highest BCUT2D eigenvalue weighted by molar-refractivity contribution is 6.09. The van der Waals surface area contributed by atoms with Gasteiger partial charge in [0, 0.05) is 33.3 Å². The molecule has 0 atom stereocenters. The Morgan fingerprint density at radius 1 is 0.283 bits per heavy atom. The molecule has 0 spiro atoms. The third-order valence-corrected chi connectivity index (χ3v) is 11.8. The van der Waals surface area contributed by atoms with E-state index in [4.69, 9.17) is 0 Å². The second-order valence-corrected chi connectivity index (χ2v) is 15.3. The molecule has 2 heteroatoms. The minimum absolute atomic E-state index is 1.08. The van der Waals surface area contributed by atoms with Gasteiger partial charge in [-0.05, 0) is 92.7 Å². The van der Waals surface area contributed by atoms with Crippen LogP contribution in [0, 0.1) is 0 Å². The first-order chi connectivity index (χ1) is 29.8. The van der Waals surface area contributed by atoms with E-state index in [0.717, 1.165) is 45.0 Å². The van der Waals surface area contributed by atoms with Crippen molar-refractivity contribution in [3.05, 3.63) is 243 Å². The van der Waals surface area contributed by atoms with Crippen LogP contribution in [0.1, 0.15) is 0 Å². The number of aromatic nitrogens is 1. The van der Waals surface area contributed by atoms with Gasteiger partial charge >= 0.3 is 0 Å². The van der Waals surface area contributed by atoms with E-state index in [0.29, 0.717) is 0 Å². The Labute approximate surface area is 350 Å². The molecule has 0 aliphatic carbocycles. The fourth-order valence-corrected chi connectivity index (χ4v) is 8.99. The number of benzene rings is 10. The summed E-state index contributed by atoms with van der Waals surface area (Å²) in [5.74, 6) is 0. The van der Waals surface area contributed by atoms with Gasteiger partial charge in [0.1, 0.15) is 0 Å². The highest BCUT2D eigenvalue weighted by Crippen LogP contribution is 2.47. The van der Waals surface area contributed by atoms with Crippen LogP contribution in [0.5, 0.6) is 0 Å². The van der Waals surface area contributed by atoms with Crippen molar-refractivity contribution in [1.29, 1.82) is 0 Å². The van der Waals surface area contributed by atoms with Crippen LogP contribution < -0.4 is 4.90 Å². The SMILES string of the molecule is c1ccc(-c2ccccc2N(c2ccc(-c3cccc(-n4c5ccccc5c5ccccc54)c3)cc2)c2cc(-c3cccc4ccccc34)ccc2-c2ccccc2)cc1. The Hall–Kier alpha value is -7.94. The summed E-state index contributed by atoms with van der Waals surface area (Å²) in [7, 11) is 0. The quantitative estimate of drug-likeness (QED) is 0.150. The molecule has 60 heavy (non-hydrogen) atoms. The van der Waals surface area contributed by atoms with Gasteiger partial charge in [-0.3, -0.25) is 0 Å². The lowest BCUT2D eigenvalue weighted by Crippen LogP contribution is -2.12. The molecule has 0 fully saturated rings. The van der Waals surface area contributed by atoms with Crippen LogP contribution in [0.2, 0.25) is 0 Å². The van der Waals surface area contributed by atoms with Gasteiger partial charge in [0.2, 0.25) is 0 Å². The fraction of sp³-hybridized carbons (Fsp3) is 0. The first-order valence-corrected chi connectivity index (χ1v) is 20.6. The standard InChI is InChI=1S/C58H40N2/c1-3-17-43(18-4-1)51-26-9-12-30-55(51)59(58-40-46(35-38-52(58)44-19-5-2-6-20-44)50-29-16-22-42-21-7-8-25-49(42)50)47-36-33-41(34-37-47)45-23-15-24-48(39-45)60-56-31-13-10-27-53(56)54-28-11-14-32-57(54)60/h1-40H. The molecule has 0 N–H and O–H groups in total. The minimum atomic E-state index is 1.08. The monoisotopic (exact) mass is 764 g/mol. The van der Waals surface area contributed by atoms with Crippen LogP contribution in [0.25, 0.3) is 82.8 Å². The highest BCUT2D eigenvalue weighted by atomic mass is 15.1. The van der Waals surface area contributed by atoms with Crippen molar-refractivity contribution in [2.24, 2.45) is 0 Å². The summed E-state index contributed by atoms with van der Waals surface area (Å²) >= 11 is 0. The van der Waals surface area contributed by atoms with E-state index in [1.54, 1.807) is 0 Å². The maximum atomic E-state index is 2.46. The fourth-order valence-electron chi connectivity index (χ4n) is 8.99. The number of rotatable bonds is 8. The Balaban J connectivity index is 1.09. The number of para-hydroxylation sites is 3. The largest absolute Gasteiger partial charge is 0.309 e. The number of hydrogen-bond acceptors (Lipinski definition) is 1. The van der Waals surface area contributed by atoms with E-state index in [9.17, 15) is 0 Å². The van der Waals surface area contributed by atoms with Crippen LogP contribution in [-0.4, -0.2) is 4.57 Å². The number of anilines is 3. The lowest BCUT2D eigenvalue weighted by atomic mass is 9.93. The van der Waals surface area contributed by atoms with Gasteiger partial charge in [-0.25, -0.2) is 0 Å². The van der Waals surface area contributed by atoms with Gasteiger partial charge in [0.05, 0.1) is 22.4 Å².